The number of aryl methyl sites for hydroxylation is 1. The van der Waals surface area contributed by atoms with Crippen molar-refractivity contribution in [3.8, 4) is 11.5 Å². The molecule has 140 valence electrons. The molecule has 3 heterocycles. The molecule has 0 unspecified atom stereocenters. The normalized spacial score (nSPS) is 16.9. The molecule has 1 aliphatic heterocycles. The Balaban J connectivity index is 1.37. The lowest BCUT2D eigenvalue weighted by atomic mass is 10.1. The second kappa shape index (κ2) is 7.57. The number of piperidine rings is 1. The van der Waals surface area contributed by atoms with Gasteiger partial charge < -0.3 is 14.6 Å². The zero-order chi connectivity index (χ0) is 18.6. The molecule has 2 aromatic heterocycles. The maximum atomic E-state index is 12.5. The first-order chi connectivity index (χ1) is 13.2. The molecular weight excluding hydrogens is 342 g/mol. The van der Waals surface area contributed by atoms with Crippen LogP contribution in [0, 0.1) is 0 Å². The lowest BCUT2D eigenvalue weighted by Crippen LogP contribution is -2.49. The van der Waals surface area contributed by atoms with Gasteiger partial charge in [-0.15, -0.1) is 0 Å². The predicted octanol–water partition coefficient (Wildman–Crippen LogP) is 3.47. The quantitative estimate of drug-likeness (QED) is 0.742. The Morgan fingerprint density at radius 2 is 2.07 bits per heavy atom. The Kier molecular flexibility index (Phi) is 4.82. The Hall–Kier alpha value is -3.22. The predicted molar refractivity (Wildman–Crippen MR) is 105 cm³/mol. The zero-order valence-corrected chi connectivity index (χ0v) is 15.3. The van der Waals surface area contributed by atoms with Gasteiger partial charge in [-0.25, -0.2) is 4.79 Å². The van der Waals surface area contributed by atoms with Gasteiger partial charge in [-0.3, -0.25) is 10.00 Å². The van der Waals surface area contributed by atoms with E-state index in [1.54, 1.807) is 24.1 Å². The van der Waals surface area contributed by atoms with Crippen LogP contribution in [0.4, 0.5) is 16.3 Å². The van der Waals surface area contributed by atoms with Crippen molar-refractivity contribution in [3.05, 3.63) is 54.8 Å². The number of carbonyl (C=O) groups is 1. The van der Waals surface area contributed by atoms with Gasteiger partial charge in [-0.1, -0.05) is 18.2 Å². The van der Waals surface area contributed by atoms with E-state index in [9.17, 15) is 4.79 Å². The van der Waals surface area contributed by atoms with Crippen molar-refractivity contribution in [2.24, 2.45) is 7.05 Å². The highest BCUT2D eigenvalue weighted by molar-refractivity contribution is 5.89. The molecule has 1 aliphatic rings. The number of nitrogens with zero attached hydrogens (tertiary/aromatic N) is 3. The van der Waals surface area contributed by atoms with Gasteiger partial charge in [0.1, 0.15) is 11.5 Å². The Morgan fingerprint density at radius 1 is 1.22 bits per heavy atom. The van der Waals surface area contributed by atoms with E-state index >= 15 is 0 Å². The van der Waals surface area contributed by atoms with E-state index < -0.39 is 0 Å². The maximum absolute atomic E-state index is 12.5. The van der Waals surface area contributed by atoms with E-state index in [-0.39, 0.29) is 12.1 Å². The number of hydrogen-bond acceptors (Lipinski definition) is 4. The first kappa shape index (κ1) is 17.2. The van der Waals surface area contributed by atoms with Crippen LogP contribution in [-0.2, 0) is 7.05 Å². The summed E-state index contributed by atoms with van der Waals surface area (Å²) in [5.41, 5.74) is 1.88. The molecule has 27 heavy (non-hydrogen) atoms. The molecule has 1 fully saturated rings. The molecule has 2 N–H and O–H groups in total. The van der Waals surface area contributed by atoms with Crippen molar-refractivity contribution in [2.45, 2.75) is 18.9 Å². The van der Waals surface area contributed by atoms with E-state index in [0.29, 0.717) is 17.3 Å². The number of carbonyl (C=O) groups excluding carboxylic acids is 1. The minimum absolute atomic E-state index is 0.108. The monoisotopic (exact) mass is 365 g/mol. The standard InChI is InChI=1S/C20H23N5O2/c1-24-19(13-17(23-24)18-10-6-12-27-18)22-20(26)21-15-7-5-11-25(14-15)16-8-3-2-4-9-16/h2-4,6,8-10,12-13,15H,5,7,11,14H2,1H3,(H2,21,22,26)/t15-/m0/s1. The number of benzene rings is 1. The lowest BCUT2D eigenvalue weighted by molar-refractivity contribution is 0.246. The number of furan rings is 1. The van der Waals surface area contributed by atoms with Crippen molar-refractivity contribution in [1.29, 1.82) is 0 Å². The fourth-order valence-electron chi connectivity index (χ4n) is 3.44. The molecule has 7 nitrogen and oxygen atoms in total. The molecule has 1 saturated heterocycles. The van der Waals surface area contributed by atoms with Crippen LogP contribution in [0.5, 0.6) is 0 Å². The van der Waals surface area contributed by atoms with E-state index in [4.69, 9.17) is 4.42 Å². The van der Waals surface area contributed by atoms with Crippen LogP contribution in [0.15, 0.2) is 59.2 Å². The van der Waals surface area contributed by atoms with E-state index in [1.807, 2.05) is 30.3 Å². The van der Waals surface area contributed by atoms with Gasteiger partial charge in [0, 0.05) is 37.9 Å². The molecule has 2 amide bonds. The van der Waals surface area contributed by atoms with Crippen LogP contribution < -0.4 is 15.5 Å². The van der Waals surface area contributed by atoms with Gasteiger partial charge in [0.2, 0.25) is 0 Å². The summed E-state index contributed by atoms with van der Waals surface area (Å²) in [6.45, 7) is 1.82. The highest BCUT2D eigenvalue weighted by atomic mass is 16.3. The number of nitrogens with one attached hydrogen (secondary N) is 2. The van der Waals surface area contributed by atoms with Crippen LogP contribution in [0.3, 0.4) is 0 Å². The number of anilines is 2. The molecule has 7 heteroatoms. The highest BCUT2D eigenvalue weighted by Gasteiger charge is 2.22. The molecule has 3 aromatic rings. The summed E-state index contributed by atoms with van der Waals surface area (Å²) < 4.78 is 6.99. The zero-order valence-electron chi connectivity index (χ0n) is 15.3. The Labute approximate surface area is 158 Å². The molecule has 0 spiro atoms. The average molecular weight is 365 g/mol. The Morgan fingerprint density at radius 3 is 2.85 bits per heavy atom. The third kappa shape index (κ3) is 3.97. The summed E-state index contributed by atoms with van der Waals surface area (Å²) in [6, 6.07) is 15.6. The van der Waals surface area contributed by atoms with Crippen LogP contribution >= 0.6 is 0 Å². The molecular formula is C20H23N5O2. The van der Waals surface area contributed by atoms with Gasteiger partial charge >= 0.3 is 6.03 Å². The molecule has 0 radical (unpaired) electrons. The first-order valence-electron chi connectivity index (χ1n) is 9.14. The lowest BCUT2D eigenvalue weighted by Gasteiger charge is -2.34. The summed E-state index contributed by atoms with van der Waals surface area (Å²) in [5.74, 6) is 1.29. The molecule has 0 saturated carbocycles. The Bertz CT molecular complexity index is 889. The number of aromatic nitrogens is 2. The number of rotatable bonds is 4. The number of urea groups is 1. The molecule has 1 aromatic carbocycles. The largest absolute Gasteiger partial charge is 0.463 e. The van der Waals surface area contributed by atoms with Gasteiger partial charge in [0.15, 0.2) is 5.76 Å². The maximum Gasteiger partial charge on any atom is 0.320 e. The summed E-state index contributed by atoms with van der Waals surface area (Å²) in [5, 5.41) is 10.3. The summed E-state index contributed by atoms with van der Waals surface area (Å²) in [6.07, 6.45) is 3.62. The molecule has 1 atom stereocenters. The molecule has 4 rings (SSSR count). The van der Waals surface area contributed by atoms with Crippen molar-refractivity contribution in [3.63, 3.8) is 0 Å². The fourth-order valence-corrected chi connectivity index (χ4v) is 3.44. The number of para-hydroxylation sites is 1. The van der Waals surface area contributed by atoms with Gasteiger partial charge in [0.25, 0.3) is 0 Å². The van der Waals surface area contributed by atoms with Crippen molar-refractivity contribution in [2.75, 3.05) is 23.3 Å². The van der Waals surface area contributed by atoms with Crippen molar-refractivity contribution in [1.82, 2.24) is 15.1 Å². The molecule has 0 aliphatic carbocycles. The van der Waals surface area contributed by atoms with Crippen LogP contribution in [0.2, 0.25) is 0 Å². The topological polar surface area (TPSA) is 75.3 Å². The van der Waals surface area contributed by atoms with Gasteiger partial charge in [-0.2, -0.15) is 5.10 Å². The minimum Gasteiger partial charge on any atom is -0.463 e. The first-order valence-corrected chi connectivity index (χ1v) is 9.14. The summed E-state index contributed by atoms with van der Waals surface area (Å²) in [7, 11) is 1.79. The summed E-state index contributed by atoms with van der Waals surface area (Å²) >= 11 is 0. The third-order valence-corrected chi connectivity index (χ3v) is 4.77. The third-order valence-electron chi connectivity index (χ3n) is 4.77. The van der Waals surface area contributed by atoms with Crippen LogP contribution in [0.1, 0.15) is 12.8 Å². The average Bonchev–Trinajstić information content (AvgIpc) is 3.33. The number of amides is 2. The van der Waals surface area contributed by atoms with Crippen LogP contribution in [0.25, 0.3) is 11.5 Å². The van der Waals surface area contributed by atoms with Gasteiger partial charge in [-0.05, 0) is 37.1 Å². The van der Waals surface area contributed by atoms with Crippen molar-refractivity contribution >= 4 is 17.5 Å². The van der Waals surface area contributed by atoms with E-state index in [0.717, 1.165) is 25.9 Å². The van der Waals surface area contributed by atoms with E-state index in [2.05, 4.69) is 32.8 Å². The second-order valence-electron chi connectivity index (χ2n) is 6.73. The minimum atomic E-state index is -0.219. The van der Waals surface area contributed by atoms with E-state index in [1.165, 1.54) is 5.69 Å². The van der Waals surface area contributed by atoms with Gasteiger partial charge in [0.05, 0.1) is 6.26 Å². The highest BCUT2D eigenvalue weighted by Crippen LogP contribution is 2.22. The smallest absolute Gasteiger partial charge is 0.320 e. The molecule has 0 bridgehead atoms. The van der Waals surface area contributed by atoms with Crippen LogP contribution in [-0.4, -0.2) is 34.9 Å². The number of hydrogen-bond donors (Lipinski definition) is 2. The van der Waals surface area contributed by atoms with Crippen molar-refractivity contribution < 1.29 is 9.21 Å². The summed E-state index contributed by atoms with van der Waals surface area (Å²) in [4.78, 5) is 14.8. The SMILES string of the molecule is Cn1nc(-c2ccco2)cc1NC(=O)N[C@H]1CCCN(c2ccccc2)C1. The second-order valence-corrected chi connectivity index (χ2v) is 6.73. The fraction of sp³-hybridized carbons (Fsp3) is 0.300.